The van der Waals surface area contributed by atoms with Crippen molar-refractivity contribution < 1.29 is 8.85 Å². The minimum Gasteiger partial charge on any atom is -0.391 e. The van der Waals surface area contributed by atoms with Crippen molar-refractivity contribution in [1.82, 2.24) is 14.5 Å². The molecule has 9 heteroatoms. The summed E-state index contributed by atoms with van der Waals surface area (Å²) in [4.78, 5) is 39.3. The van der Waals surface area contributed by atoms with Gasteiger partial charge < -0.3 is 8.85 Å². The zero-order valence-electron chi connectivity index (χ0n) is 17.2. The van der Waals surface area contributed by atoms with Crippen LogP contribution in [0.1, 0.15) is 46.0 Å². The van der Waals surface area contributed by atoms with Crippen LogP contribution in [-0.2, 0) is 15.4 Å². The molecule has 0 amide bonds. The molecule has 2 N–H and O–H groups in total. The third-order valence-electron chi connectivity index (χ3n) is 4.70. The Morgan fingerprint density at radius 3 is 1.93 bits per heavy atom. The molecule has 1 aromatic carbocycles. The summed E-state index contributed by atoms with van der Waals surface area (Å²) in [7, 11) is -2.75. The topological polar surface area (TPSA) is 106 Å². The molecule has 8 nitrogen and oxygen atoms in total. The fourth-order valence-corrected chi connectivity index (χ4v) is 6.34. The quantitative estimate of drug-likeness (QED) is 0.377. The highest BCUT2D eigenvalue weighted by Crippen LogP contribution is 2.19. The maximum atomic E-state index is 11.9. The zero-order valence-corrected chi connectivity index (χ0v) is 18.2. The second-order valence-corrected chi connectivity index (χ2v) is 10.1. The first-order valence-electron chi connectivity index (χ1n) is 10.3. The molecule has 1 aromatic heterocycles. The number of hydrogen-bond acceptors (Lipinski definition) is 5. The Hall–Kier alpha value is -2.23. The summed E-state index contributed by atoms with van der Waals surface area (Å²) < 4.78 is 13.8. The van der Waals surface area contributed by atoms with Gasteiger partial charge in [0.1, 0.15) is 0 Å². The molecule has 160 valence electrons. The van der Waals surface area contributed by atoms with Gasteiger partial charge in [0.05, 0.1) is 0 Å². The number of H-pyrrole nitrogens is 2. The Bertz CT molecular complexity index is 862. The number of nitrogens with one attached hydrogen (secondary N) is 2. The number of unbranched alkanes of at least 4 members (excludes halogenated alkanes) is 2. The van der Waals surface area contributed by atoms with E-state index in [0.717, 1.165) is 35.4 Å². The van der Waals surface area contributed by atoms with Crippen molar-refractivity contribution in [2.45, 2.75) is 58.5 Å². The first kappa shape index (κ1) is 23.0. The lowest BCUT2D eigenvalue weighted by atomic mass is 10.4. The lowest BCUT2D eigenvalue weighted by molar-refractivity contribution is 0.174. The predicted molar refractivity (Wildman–Crippen MR) is 115 cm³/mol. The van der Waals surface area contributed by atoms with Crippen LogP contribution in [0.5, 0.6) is 0 Å². The maximum Gasteiger partial charge on any atom is 0.372 e. The summed E-state index contributed by atoms with van der Waals surface area (Å²) in [6, 6.07) is 10.6. The van der Waals surface area contributed by atoms with Crippen LogP contribution in [0.25, 0.3) is 0 Å². The molecule has 0 spiro atoms. The van der Waals surface area contributed by atoms with Gasteiger partial charge in [0.15, 0.2) is 0 Å². The van der Waals surface area contributed by atoms with Crippen molar-refractivity contribution in [3.8, 4) is 0 Å². The highest BCUT2D eigenvalue weighted by atomic mass is 28.4. The maximum absolute atomic E-state index is 11.9. The number of nitrogens with zero attached hydrogens (tertiary/aromatic N) is 1. The van der Waals surface area contributed by atoms with Crippen LogP contribution in [0.3, 0.4) is 0 Å². The Morgan fingerprint density at radius 2 is 1.41 bits per heavy atom. The van der Waals surface area contributed by atoms with E-state index in [9.17, 15) is 14.4 Å². The number of benzene rings is 1. The van der Waals surface area contributed by atoms with Gasteiger partial charge in [-0.25, -0.2) is 19.0 Å². The van der Waals surface area contributed by atoms with Gasteiger partial charge in [-0.15, -0.1) is 0 Å². The Morgan fingerprint density at radius 1 is 0.862 bits per heavy atom. The second-order valence-electron chi connectivity index (χ2n) is 6.97. The summed E-state index contributed by atoms with van der Waals surface area (Å²) in [5.74, 6) is 0. The van der Waals surface area contributed by atoms with Crippen molar-refractivity contribution in [3.05, 3.63) is 61.8 Å². The van der Waals surface area contributed by atoms with Crippen molar-refractivity contribution in [3.63, 3.8) is 0 Å². The SMILES string of the molecule is CCCCO[Si](CCCn1c(=O)[nH]c(=O)[nH]c1=O)(OCCCC)c1ccccc1. The molecule has 0 aliphatic carbocycles. The highest BCUT2D eigenvalue weighted by Gasteiger charge is 2.39. The van der Waals surface area contributed by atoms with Crippen molar-refractivity contribution in [1.29, 1.82) is 0 Å². The molecular weight excluding hydrogens is 390 g/mol. The third kappa shape index (κ3) is 6.65. The summed E-state index contributed by atoms with van der Waals surface area (Å²) in [5, 5.41) is 1.05. The van der Waals surface area contributed by atoms with Crippen LogP contribution >= 0.6 is 0 Å². The van der Waals surface area contributed by atoms with E-state index in [0.29, 0.717) is 25.7 Å². The van der Waals surface area contributed by atoms with Crippen LogP contribution < -0.4 is 22.3 Å². The molecule has 0 radical (unpaired) electrons. The van der Waals surface area contributed by atoms with Gasteiger partial charge in [-0.2, -0.15) is 0 Å². The normalized spacial score (nSPS) is 11.7. The minimum absolute atomic E-state index is 0.181. The number of rotatable bonds is 13. The molecule has 2 aromatic rings. The van der Waals surface area contributed by atoms with E-state index < -0.39 is 25.6 Å². The number of aromatic nitrogens is 3. The lowest BCUT2D eigenvalue weighted by Crippen LogP contribution is -2.54. The van der Waals surface area contributed by atoms with E-state index in [1.807, 2.05) is 30.3 Å². The van der Waals surface area contributed by atoms with E-state index in [-0.39, 0.29) is 6.54 Å². The largest absolute Gasteiger partial charge is 0.391 e. The van der Waals surface area contributed by atoms with Crippen LogP contribution in [0, 0.1) is 0 Å². The number of hydrogen-bond donors (Lipinski definition) is 2. The van der Waals surface area contributed by atoms with Gasteiger partial charge in [-0.05, 0) is 30.5 Å². The first-order chi connectivity index (χ1) is 14.0. The van der Waals surface area contributed by atoms with Crippen molar-refractivity contribution in [2.75, 3.05) is 13.2 Å². The number of aromatic amines is 2. The molecule has 29 heavy (non-hydrogen) atoms. The second kappa shape index (κ2) is 11.7. The molecule has 2 rings (SSSR count). The molecule has 0 aliphatic rings. The van der Waals surface area contributed by atoms with E-state index in [4.69, 9.17) is 8.85 Å². The van der Waals surface area contributed by atoms with Crippen LogP contribution in [-0.4, -0.2) is 36.3 Å². The van der Waals surface area contributed by atoms with Gasteiger partial charge >= 0.3 is 25.6 Å². The summed E-state index contributed by atoms with van der Waals surface area (Å²) in [5.41, 5.74) is -2.20. The van der Waals surface area contributed by atoms with Crippen LogP contribution in [0.2, 0.25) is 6.04 Å². The average molecular weight is 422 g/mol. The van der Waals surface area contributed by atoms with Crippen LogP contribution in [0.4, 0.5) is 0 Å². The molecule has 0 fully saturated rings. The Balaban J connectivity index is 2.24. The molecular formula is C20H31N3O5Si. The van der Waals surface area contributed by atoms with Gasteiger partial charge in [-0.1, -0.05) is 57.0 Å². The monoisotopic (exact) mass is 421 g/mol. The van der Waals surface area contributed by atoms with E-state index in [1.54, 1.807) is 0 Å². The first-order valence-corrected chi connectivity index (χ1v) is 12.3. The summed E-state index contributed by atoms with van der Waals surface area (Å²) in [6.07, 6.45) is 4.46. The van der Waals surface area contributed by atoms with Gasteiger partial charge in [0, 0.05) is 19.8 Å². The van der Waals surface area contributed by atoms with E-state index >= 15 is 0 Å². The molecule has 0 atom stereocenters. The standard InChI is InChI=1S/C20H31N3O5Si/c1-3-5-14-27-29(28-15-6-4-2,17-11-8-7-9-12-17)16-10-13-23-19(25)21-18(24)22-20(23)26/h7-9,11-12H,3-6,10,13-16H2,1-2H3,(H2,21,22,24,25,26). The molecule has 0 saturated carbocycles. The van der Waals surface area contributed by atoms with Gasteiger partial charge in [-0.3, -0.25) is 9.97 Å². The molecule has 1 heterocycles. The highest BCUT2D eigenvalue weighted by molar-refractivity contribution is 6.81. The zero-order chi connectivity index (χ0) is 21.1. The van der Waals surface area contributed by atoms with Crippen LogP contribution in [0.15, 0.2) is 44.7 Å². The van der Waals surface area contributed by atoms with Gasteiger partial charge in [0.25, 0.3) is 0 Å². The summed E-state index contributed by atoms with van der Waals surface area (Å²) in [6.45, 7) is 5.64. The molecule has 0 unspecified atom stereocenters. The van der Waals surface area contributed by atoms with Crippen molar-refractivity contribution in [2.24, 2.45) is 0 Å². The molecule has 0 saturated heterocycles. The Kier molecular flexibility index (Phi) is 9.29. The van der Waals surface area contributed by atoms with Gasteiger partial charge in [0.2, 0.25) is 0 Å². The molecule has 0 bridgehead atoms. The molecule has 0 aliphatic heterocycles. The van der Waals surface area contributed by atoms with E-state index in [1.165, 1.54) is 0 Å². The minimum atomic E-state index is -2.75. The average Bonchev–Trinajstić information content (AvgIpc) is 2.70. The summed E-state index contributed by atoms with van der Waals surface area (Å²) >= 11 is 0. The van der Waals surface area contributed by atoms with Crippen molar-refractivity contribution >= 4 is 13.7 Å². The van der Waals surface area contributed by atoms with E-state index in [2.05, 4.69) is 23.8 Å². The third-order valence-corrected chi connectivity index (χ3v) is 8.26. The lowest BCUT2D eigenvalue weighted by Gasteiger charge is -2.31. The Labute approximate surface area is 171 Å². The fourth-order valence-electron chi connectivity index (χ4n) is 3.08. The predicted octanol–water partition coefficient (Wildman–Crippen LogP) is 1.60. The smallest absolute Gasteiger partial charge is 0.372 e. The fraction of sp³-hybridized carbons (Fsp3) is 0.550.